The van der Waals surface area contributed by atoms with Crippen LogP contribution in [0, 0.1) is 5.92 Å². The van der Waals surface area contributed by atoms with Gasteiger partial charge in [0.05, 0.1) is 16.1 Å². The number of nitrogens with one attached hydrogen (secondary N) is 2. The van der Waals surface area contributed by atoms with Gasteiger partial charge < -0.3 is 15.7 Å². The lowest BCUT2D eigenvalue weighted by atomic mass is 10.0. The smallest absolute Gasteiger partial charge is 0.235 e. The molecule has 1 aromatic rings. The first kappa shape index (κ1) is 17.8. The van der Waals surface area contributed by atoms with E-state index in [-0.39, 0.29) is 13.1 Å². The Labute approximate surface area is 133 Å². The quantitative estimate of drug-likeness (QED) is 0.738. The van der Waals surface area contributed by atoms with Gasteiger partial charge in [0.2, 0.25) is 11.8 Å². The maximum atomic E-state index is 11.8. The van der Waals surface area contributed by atoms with Crippen molar-refractivity contribution in [3.8, 4) is 0 Å². The van der Waals surface area contributed by atoms with E-state index in [0.29, 0.717) is 10.0 Å². The van der Waals surface area contributed by atoms with E-state index in [1.807, 2.05) is 13.8 Å². The van der Waals surface area contributed by atoms with Gasteiger partial charge in [0.15, 0.2) is 0 Å². The molecule has 0 aliphatic carbocycles. The molecule has 0 spiro atoms. The normalized spacial score (nSPS) is 20.3. The van der Waals surface area contributed by atoms with Crippen molar-refractivity contribution in [3.05, 3.63) is 33.8 Å². The molecule has 2 rings (SSSR count). The molecule has 0 bridgehead atoms. The minimum absolute atomic E-state index is 0.101. The predicted molar refractivity (Wildman–Crippen MR) is 82.2 cm³/mol. The molecule has 1 aromatic carbocycles. The minimum Gasteiger partial charge on any atom is -0.390 e. The van der Waals surface area contributed by atoms with E-state index in [0.717, 1.165) is 5.56 Å². The molecule has 1 heterocycles. The summed E-state index contributed by atoms with van der Waals surface area (Å²) in [4.78, 5) is 23.2. The Bertz CT molecular complexity index is 523. The lowest BCUT2D eigenvalue weighted by molar-refractivity contribution is -0.135. The molecule has 1 aliphatic rings. The Morgan fingerprint density at radius 3 is 2.57 bits per heavy atom. The van der Waals surface area contributed by atoms with Gasteiger partial charge in [0.1, 0.15) is 5.92 Å². The highest BCUT2D eigenvalue weighted by Crippen LogP contribution is 2.22. The second kappa shape index (κ2) is 8.22. The number of halogens is 2. The van der Waals surface area contributed by atoms with Crippen molar-refractivity contribution in [3.63, 3.8) is 0 Å². The summed E-state index contributed by atoms with van der Waals surface area (Å²) in [7, 11) is 0. The lowest BCUT2D eigenvalue weighted by Gasteiger charge is -2.12. The van der Waals surface area contributed by atoms with Gasteiger partial charge in [-0.05, 0) is 17.7 Å². The maximum absolute atomic E-state index is 11.8. The van der Waals surface area contributed by atoms with Gasteiger partial charge in [-0.3, -0.25) is 9.59 Å². The molecule has 1 fully saturated rings. The number of amides is 2. The molecule has 116 valence electrons. The second-order valence-electron chi connectivity index (χ2n) is 4.26. The van der Waals surface area contributed by atoms with Crippen LogP contribution in [0.15, 0.2) is 18.2 Å². The standard InChI is InChI=1S/C12H12Cl2N2O3.C2H6/c13-7-2-1-6(3-8(7)14)4-15-11(18)10-9(17)5-16-12(10)19;1-2/h1-3,9-10,17H,4-5H2,(H,15,18)(H,16,19);1-2H3. The summed E-state index contributed by atoms with van der Waals surface area (Å²) in [5.74, 6) is -2.02. The second-order valence-corrected chi connectivity index (χ2v) is 5.07. The summed E-state index contributed by atoms with van der Waals surface area (Å²) < 4.78 is 0. The van der Waals surface area contributed by atoms with Crippen LogP contribution in [0.3, 0.4) is 0 Å². The largest absolute Gasteiger partial charge is 0.390 e. The molecule has 1 aliphatic heterocycles. The fourth-order valence-electron chi connectivity index (χ4n) is 1.85. The SMILES string of the molecule is CC.O=C(NCc1ccc(Cl)c(Cl)c1)C1C(=O)NCC1O. The van der Waals surface area contributed by atoms with Crippen LogP contribution in [-0.2, 0) is 16.1 Å². The fraction of sp³-hybridized carbons (Fsp3) is 0.429. The molecule has 2 atom stereocenters. The average molecular weight is 333 g/mol. The summed E-state index contributed by atoms with van der Waals surface area (Å²) in [6.45, 7) is 4.32. The molecule has 2 unspecified atom stereocenters. The van der Waals surface area contributed by atoms with Crippen LogP contribution in [0.4, 0.5) is 0 Å². The summed E-state index contributed by atoms with van der Waals surface area (Å²) in [5, 5.41) is 15.4. The number of hydrogen-bond donors (Lipinski definition) is 3. The molecule has 1 saturated heterocycles. The number of carbonyl (C=O) groups is 2. The topological polar surface area (TPSA) is 78.4 Å². The molecule has 5 nitrogen and oxygen atoms in total. The molecule has 3 N–H and O–H groups in total. The Balaban J connectivity index is 0.00000106. The molecule has 21 heavy (non-hydrogen) atoms. The maximum Gasteiger partial charge on any atom is 0.235 e. The number of hydrogen-bond acceptors (Lipinski definition) is 3. The average Bonchev–Trinajstić information content (AvgIpc) is 2.81. The molecule has 0 radical (unpaired) electrons. The Hall–Kier alpha value is -1.30. The van der Waals surface area contributed by atoms with Crippen LogP contribution in [0.25, 0.3) is 0 Å². The van der Waals surface area contributed by atoms with Crippen LogP contribution in [0.1, 0.15) is 19.4 Å². The third kappa shape index (κ3) is 4.59. The number of carbonyl (C=O) groups excluding carboxylic acids is 2. The Morgan fingerprint density at radius 2 is 2.05 bits per heavy atom. The molecular formula is C14H18Cl2N2O3. The number of benzene rings is 1. The zero-order valence-electron chi connectivity index (χ0n) is 11.8. The highest BCUT2D eigenvalue weighted by atomic mass is 35.5. The van der Waals surface area contributed by atoms with Crippen molar-refractivity contribution in [1.29, 1.82) is 0 Å². The first-order valence-corrected chi connectivity index (χ1v) is 7.42. The van der Waals surface area contributed by atoms with Gasteiger partial charge in [0, 0.05) is 13.1 Å². The van der Waals surface area contributed by atoms with Crippen LogP contribution in [0.2, 0.25) is 10.0 Å². The molecule has 0 aromatic heterocycles. The van der Waals surface area contributed by atoms with Crippen molar-refractivity contribution < 1.29 is 14.7 Å². The van der Waals surface area contributed by atoms with Crippen LogP contribution in [-0.4, -0.2) is 29.6 Å². The van der Waals surface area contributed by atoms with Crippen LogP contribution in [0.5, 0.6) is 0 Å². The van der Waals surface area contributed by atoms with Crippen LogP contribution >= 0.6 is 23.2 Å². The summed E-state index contributed by atoms with van der Waals surface area (Å²) >= 11 is 11.6. The predicted octanol–water partition coefficient (Wildman–Crippen LogP) is 1.74. The molecule has 2 amide bonds. The van der Waals surface area contributed by atoms with Gasteiger partial charge in [-0.25, -0.2) is 0 Å². The van der Waals surface area contributed by atoms with Crippen molar-refractivity contribution in [1.82, 2.24) is 10.6 Å². The van der Waals surface area contributed by atoms with Gasteiger partial charge in [-0.1, -0.05) is 43.1 Å². The van der Waals surface area contributed by atoms with Crippen LogP contribution < -0.4 is 10.6 Å². The van der Waals surface area contributed by atoms with Gasteiger partial charge in [-0.15, -0.1) is 0 Å². The number of aliphatic hydroxyl groups excluding tert-OH is 1. The lowest BCUT2D eigenvalue weighted by Crippen LogP contribution is -2.39. The highest BCUT2D eigenvalue weighted by molar-refractivity contribution is 6.42. The summed E-state index contributed by atoms with van der Waals surface area (Å²) in [6.07, 6.45) is -0.985. The first-order valence-electron chi connectivity index (χ1n) is 6.66. The number of aliphatic hydroxyl groups is 1. The summed E-state index contributed by atoms with van der Waals surface area (Å²) in [5.41, 5.74) is 0.760. The zero-order chi connectivity index (χ0) is 16.0. The van der Waals surface area contributed by atoms with Gasteiger partial charge in [0.25, 0.3) is 0 Å². The molecular weight excluding hydrogens is 315 g/mol. The monoisotopic (exact) mass is 332 g/mol. The van der Waals surface area contributed by atoms with E-state index in [4.69, 9.17) is 23.2 Å². The van der Waals surface area contributed by atoms with E-state index in [1.165, 1.54) is 0 Å². The van der Waals surface area contributed by atoms with Crippen molar-refractivity contribution in [2.75, 3.05) is 6.54 Å². The first-order chi connectivity index (χ1) is 9.99. The van der Waals surface area contributed by atoms with E-state index in [2.05, 4.69) is 10.6 Å². The number of rotatable bonds is 3. The van der Waals surface area contributed by atoms with E-state index < -0.39 is 23.8 Å². The zero-order valence-corrected chi connectivity index (χ0v) is 13.3. The Kier molecular flexibility index (Phi) is 6.95. The minimum atomic E-state index is -1.05. The van der Waals surface area contributed by atoms with Crippen molar-refractivity contribution in [2.24, 2.45) is 5.92 Å². The highest BCUT2D eigenvalue weighted by Gasteiger charge is 2.38. The van der Waals surface area contributed by atoms with E-state index in [9.17, 15) is 14.7 Å². The number of β-amino-alcohol motifs (C(OH)–C–C–N with tert-alkyl or cyclic N) is 1. The van der Waals surface area contributed by atoms with E-state index in [1.54, 1.807) is 18.2 Å². The van der Waals surface area contributed by atoms with Gasteiger partial charge in [-0.2, -0.15) is 0 Å². The van der Waals surface area contributed by atoms with Gasteiger partial charge >= 0.3 is 0 Å². The van der Waals surface area contributed by atoms with Crippen molar-refractivity contribution in [2.45, 2.75) is 26.5 Å². The summed E-state index contributed by atoms with van der Waals surface area (Å²) in [6, 6.07) is 4.98. The third-order valence-corrected chi connectivity index (χ3v) is 3.62. The van der Waals surface area contributed by atoms with E-state index >= 15 is 0 Å². The fourth-order valence-corrected chi connectivity index (χ4v) is 2.17. The van der Waals surface area contributed by atoms with Crippen molar-refractivity contribution >= 4 is 35.0 Å². The Morgan fingerprint density at radius 1 is 1.38 bits per heavy atom. The third-order valence-electron chi connectivity index (χ3n) is 2.89. The molecule has 7 heteroatoms. The molecule has 0 saturated carbocycles.